The van der Waals surface area contributed by atoms with Gasteiger partial charge in [-0.1, -0.05) is 6.07 Å². The molecule has 0 aliphatic carbocycles. The quantitative estimate of drug-likeness (QED) is 0.518. The molecule has 1 aromatic carbocycles. The first kappa shape index (κ1) is 15.6. The van der Waals surface area contributed by atoms with E-state index in [-0.39, 0.29) is 5.56 Å². The molecule has 0 aliphatic heterocycles. The maximum Gasteiger partial charge on any atom is 0.273 e. The lowest BCUT2D eigenvalue weighted by Crippen LogP contribution is -2.14. The van der Waals surface area contributed by atoms with Crippen LogP contribution in [0.3, 0.4) is 0 Å². The van der Waals surface area contributed by atoms with E-state index in [1.807, 2.05) is 42.1 Å². The third-order valence-corrected chi connectivity index (χ3v) is 4.72. The normalized spacial score (nSPS) is 11.6. The molecule has 0 fully saturated rings. The molecule has 4 aromatic heterocycles. The Morgan fingerprint density at radius 2 is 2.04 bits per heavy atom. The van der Waals surface area contributed by atoms with Crippen molar-refractivity contribution in [2.45, 2.75) is 20.4 Å². The number of benzene rings is 1. The van der Waals surface area contributed by atoms with Crippen LogP contribution in [0.25, 0.3) is 39.1 Å². The molecule has 8 nitrogen and oxygen atoms in total. The average molecular weight is 359 g/mol. The van der Waals surface area contributed by atoms with Crippen molar-refractivity contribution in [3.8, 4) is 22.5 Å². The number of hydrogen-bond acceptors (Lipinski definition) is 4. The number of hydrogen-bond donors (Lipinski definition) is 2. The third-order valence-electron chi connectivity index (χ3n) is 4.72. The molecule has 134 valence electrons. The molecule has 0 aliphatic rings. The van der Waals surface area contributed by atoms with Gasteiger partial charge in [-0.3, -0.25) is 19.7 Å². The summed E-state index contributed by atoms with van der Waals surface area (Å²) in [6, 6.07) is 9.46. The summed E-state index contributed by atoms with van der Waals surface area (Å²) in [5, 5.41) is 15.6. The molecule has 0 bridgehead atoms. The molecule has 0 saturated heterocycles. The van der Waals surface area contributed by atoms with Crippen molar-refractivity contribution in [1.29, 1.82) is 0 Å². The fourth-order valence-corrected chi connectivity index (χ4v) is 3.37. The van der Waals surface area contributed by atoms with Crippen LogP contribution in [0.2, 0.25) is 0 Å². The van der Waals surface area contributed by atoms with Crippen molar-refractivity contribution >= 4 is 16.6 Å². The smallest absolute Gasteiger partial charge is 0.273 e. The van der Waals surface area contributed by atoms with Crippen LogP contribution in [-0.2, 0) is 6.54 Å². The van der Waals surface area contributed by atoms with Crippen LogP contribution >= 0.6 is 0 Å². The van der Waals surface area contributed by atoms with Gasteiger partial charge in [-0.2, -0.15) is 10.2 Å². The first-order valence-corrected chi connectivity index (χ1v) is 8.73. The predicted octanol–water partition coefficient (Wildman–Crippen LogP) is 2.76. The van der Waals surface area contributed by atoms with E-state index in [4.69, 9.17) is 4.98 Å². The molecule has 0 amide bonds. The Labute approximate surface area is 153 Å². The summed E-state index contributed by atoms with van der Waals surface area (Å²) in [6.07, 6.45) is 3.58. The standard InChI is InChI=1S/C19H17N7O/c1-3-25-17-5-4-12(7-13(17)9-20-25)15-8-18(27)26-19(22-15)14(10-21-26)16-6-11(2)23-24-16/h4-10,21H,3H2,1-2H3,(H,23,24). The van der Waals surface area contributed by atoms with Gasteiger partial charge in [0.2, 0.25) is 0 Å². The van der Waals surface area contributed by atoms with Crippen molar-refractivity contribution in [3.63, 3.8) is 0 Å². The largest absolute Gasteiger partial charge is 0.296 e. The Kier molecular flexibility index (Phi) is 3.27. The highest BCUT2D eigenvalue weighted by molar-refractivity contribution is 5.84. The van der Waals surface area contributed by atoms with Gasteiger partial charge >= 0.3 is 0 Å². The van der Waals surface area contributed by atoms with Gasteiger partial charge < -0.3 is 0 Å². The second-order valence-electron chi connectivity index (χ2n) is 6.50. The molecule has 4 heterocycles. The molecule has 2 N–H and O–H groups in total. The average Bonchev–Trinajstić information content (AvgIpc) is 3.38. The van der Waals surface area contributed by atoms with Gasteiger partial charge in [-0.05, 0) is 32.0 Å². The third kappa shape index (κ3) is 2.37. The monoisotopic (exact) mass is 359 g/mol. The highest BCUT2D eigenvalue weighted by Crippen LogP contribution is 2.26. The summed E-state index contributed by atoms with van der Waals surface area (Å²) in [7, 11) is 0. The van der Waals surface area contributed by atoms with Crippen molar-refractivity contribution in [1.82, 2.24) is 34.6 Å². The molecular weight excluding hydrogens is 342 g/mol. The van der Waals surface area contributed by atoms with Crippen molar-refractivity contribution in [2.75, 3.05) is 0 Å². The topological polar surface area (TPSA) is 96.7 Å². The first-order chi connectivity index (χ1) is 13.1. The maximum atomic E-state index is 12.6. The van der Waals surface area contributed by atoms with Gasteiger partial charge in [0, 0.05) is 35.5 Å². The molecule has 0 unspecified atom stereocenters. The summed E-state index contributed by atoms with van der Waals surface area (Å²) in [5.41, 5.74) is 5.41. The van der Waals surface area contributed by atoms with Gasteiger partial charge in [-0.25, -0.2) is 9.50 Å². The number of aromatic nitrogens is 7. The summed E-state index contributed by atoms with van der Waals surface area (Å²) in [6.45, 7) is 4.80. The van der Waals surface area contributed by atoms with E-state index in [2.05, 4.69) is 27.3 Å². The van der Waals surface area contributed by atoms with E-state index >= 15 is 0 Å². The van der Waals surface area contributed by atoms with Crippen LogP contribution < -0.4 is 5.56 Å². The summed E-state index contributed by atoms with van der Waals surface area (Å²) in [5.74, 6) is 0. The maximum absolute atomic E-state index is 12.6. The predicted molar refractivity (Wildman–Crippen MR) is 103 cm³/mol. The molecule has 5 rings (SSSR count). The zero-order valence-electron chi connectivity index (χ0n) is 14.9. The molecule has 5 aromatic rings. The molecule has 8 heteroatoms. The first-order valence-electron chi connectivity index (χ1n) is 8.73. The molecule has 0 spiro atoms. The number of aryl methyl sites for hydroxylation is 2. The van der Waals surface area contributed by atoms with Gasteiger partial charge in [0.25, 0.3) is 5.56 Å². The van der Waals surface area contributed by atoms with Crippen LogP contribution in [0.1, 0.15) is 12.6 Å². The van der Waals surface area contributed by atoms with E-state index < -0.39 is 0 Å². The van der Waals surface area contributed by atoms with E-state index in [0.717, 1.165) is 40.0 Å². The van der Waals surface area contributed by atoms with Gasteiger partial charge in [0.05, 0.1) is 28.7 Å². The molecule has 0 radical (unpaired) electrons. The van der Waals surface area contributed by atoms with Crippen LogP contribution in [0.4, 0.5) is 0 Å². The minimum absolute atomic E-state index is 0.169. The van der Waals surface area contributed by atoms with Gasteiger partial charge in [0.15, 0.2) is 5.65 Å². The van der Waals surface area contributed by atoms with E-state index in [1.54, 1.807) is 6.20 Å². The minimum Gasteiger partial charge on any atom is -0.296 e. The second-order valence-corrected chi connectivity index (χ2v) is 6.50. The van der Waals surface area contributed by atoms with Gasteiger partial charge in [-0.15, -0.1) is 0 Å². The number of fused-ring (bicyclic) bond motifs is 2. The van der Waals surface area contributed by atoms with E-state index in [9.17, 15) is 4.79 Å². The molecule has 0 saturated carbocycles. The fourth-order valence-electron chi connectivity index (χ4n) is 3.37. The van der Waals surface area contributed by atoms with Gasteiger partial charge in [0.1, 0.15) is 0 Å². The number of aromatic amines is 2. The minimum atomic E-state index is -0.169. The number of nitrogens with zero attached hydrogens (tertiary/aromatic N) is 5. The Hall–Kier alpha value is -3.68. The molecule has 27 heavy (non-hydrogen) atoms. The zero-order chi connectivity index (χ0) is 18.5. The fraction of sp³-hybridized carbons (Fsp3) is 0.158. The van der Waals surface area contributed by atoms with E-state index in [0.29, 0.717) is 11.3 Å². The van der Waals surface area contributed by atoms with Crippen LogP contribution in [0.15, 0.2) is 47.5 Å². The van der Waals surface area contributed by atoms with Crippen molar-refractivity contribution in [2.24, 2.45) is 0 Å². The Balaban J connectivity index is 1.70. The highest BCUT2D eigenvalue weighted by atomic mass is 16.1. The number of H-pyrrole nitrogens is 2. The Morgan fingerprint density at radius 3 is 2.81 bits per heavy atom. The summed E-state index contributed by atoms with van der Waals surface area (Å²) in [4.78, 5) is 17.3. The van der Waals surface area contributed by atoms with Crippen molar-refractivity contribution in [3.05, 3.63) is 58.8 Å². The Morgan fingerprint density at radius 1 is 1.15 bits per heavy atom. The SMILES string of the molecule is CCn1ncc2cc(-c3cc(=O)n4[nH]cc(-c5cc(C)[nH]n5)c4n3)ccc21. The highest BCUT2D eigenvalue weighted by Gasteiger charge is 2.14. The van der Waals surface area contributed by atoms with Crippen LogP contribution in [0.5, 0.6) is 0 Å². The van der Waals surface area contributed by atoms with Crippen LogP contribution in [0, 0.1) is 6.92 Å². The zero-order valence-corrected chi connectivity index (χ0v) is 14.9. The summed E-state index contributed by atoms with van der Waals surface area (Å²) >= 11 is 0. The second kappa shape index (κ2) is 5.66. The molecular formula is C19H17N7O. The number of nitrogens with one attached hydrogen (secondary N) is 2. The lowest BCUT2D eigenvalue weighted by Gasteiger charge is -2.04. The number of rotatable bonds is 3. The van der Waals surface area contributed by atoms with E-state index in [1.165, 1.54) is 10.6 Å². The molecule has 0 atom stereocenters. The lowest BCUT2D eigenvalue weighted by molar-refractivity contribution is 0.684. The van der Waals surface area contributed by atoms with Crippen LogP contribution in [-0.4, -0.2) is 34.6 Å². The Bertz CT molecular complexity index is 1350. The summed E-state index contributed by atoms with van der Waals surface area (Å²) < 4.78 is 3.37. The van der Waals surface area contributed by atoms with Crippen molar-refractivity contribution < 1.29 is 0 Å². The lowest BCUT2D eigenvalue weighted by atomic mass is 10.1.